The lowest BCUT2D eigenvalue weighted by atomic mass is 10.0. The molecule has 1 heterocycles. The SMILES string of the molecule is CCCCCCCCCCCCCCCCN1C=CN(CCCCCC)C1Cc1ccccc1. The molecule has 2 nitrogen and oxygen atoms in total. The van der Waals surface area contributed by atoms with Crippen LogP contribution in [0.4, 0.5) is 0 Å². The molecule has 1 aliphatic rings. The molecule has 34 heavy (non-hydrogen) atoms. The first-order valence-electron chi connectivity index (χ1n) is 15.1. The minimum atomic E-state index is 0.506. The van der Waals surface area contributed by atoms with E-state index in [-0.39, 0.29) is 0 Å². The number of nitrogens with zero attached hydrogens (tertiary/aromatic N) is 2. The Hall–Kier alpha value is -1.44. The fourth-order valence-corrected chi connectivity index (χ4v) is 5.28. The Kier molecular flexibility index (Phi) is 16.8. The summed E-state index contributed by atoms with van der Waals surface area (Å²) in [6, 6.07) is 11.1. The van der Waals surface area contributed by atoms with Gasteiger partial charge in [-0.15, -0.1) is 0 Å². The monoisotopic (exact) mass is 468 g/mol. The molecular formula is C32H56N2. The standard InChI is InChI=1S/C32H56N2/c1-3-5-7-9-10-11-12-13-14-15-16-17-18-23-27-34-29-28-33(26-22-8-6-4-2)32(34)30-31-24-20-19-21-25-31/h19-21,24-25,28-29,32H,3-18,22-23,26-27,30H2,1-2H3. The van der Waals surface area contributed by atoms with Crippen LogP contribution in [0.3, 0.4) is 0 Å². The summed E-state index contributed by atoms with van der Waals surface area (Å²) in [4.78, 5) is 5.22. The smallest absolute Gasteiger partial charge is 0.105 e. The largest absolute Gasteiger partial charge is 0.356 e. The van der Waals surface area contributed by atoms with E-state index in [1.165, 1.54) is 134 Å². The van der Waals surface area contributed by atoms with Crippen molar-refractivity contribution in [1.29, 1.82) is 0 Å². The Bertz CT molecular complexity index is 596. The van der Waals surface area contributed by atoms with Gasteiger partial charge in [0, 0.05) is 31.9 Å². The molecule has 1 atom stereocenters. The fourth-order valence-electron chi connectivity index (χ4n) is 5.28. The normalized spacial score (nSPS) is 15.5. The molecule has 2 rings (SSSR count). The average molecular weight is 469 g/mol. The summed E-state index contributed by atoms with van der Waals surface area (Å²) in [6.45, 7) is 7.00. The van der Waals surface area contributed by atoms with Gasteiger partial charge in [-0.05, 0) is 18.4 Å². The van der Waals surface area contributed by atoms with Gasteiger partial charge in [-0.25, -0.2) is 0 Å². The van der Waals surface area contributed by atoms with E-state index in [0.29, 0.717) is 6.17 Å². The van der Waals surface area contributed by atoms with Crippen LogP contribution in [0.5, 0.6) is 0 Å². The minimum Gasteiger partial charge on any atom is -0.356 e. The van der Waals surface area contributed by atoms with Crippen LogP contribution in [0.1, 0.15) is 135 Å². The zero-order valence-corrected chi connectivity index (χ0v) is 22.9. The van der Waals surface area contributed by atoms with Crippen molar-refractivity contribution in [2.24, 2.45) is 0 Å². The Morgan fingerprint density at radius 2 is 0.882 bits per heavy atom. The molecule has 0 bridgehead atoms. The van der Waals surface area contributed by atoms with Gasteiger partial charge in [-0.2, -0.15) is 0 Å². The summed E-state index contributed by atoms with van der Waals surface area (Å²) in [6.07, 6.45) is 31.7. The van der Waals surface area contributed by atoms with Crippen molar-refractivity contribution in [3.8, 4) is 0 Å². The third-order valence-corrected chi connectivity index (χ3v) is 7.52. The van der Waals surface area contributed by atoms with E-state index in [9.17, 15) is 0 Å². The van der Waals surface area contributed by atoms with E-state index in [2.05, 4.69) is 66.4 Å². The van der Waals surface area contributed by atoms with E-state index in [1.807, 2.05) is 0 Å². The summed E-state index contributed by atoms with van der Waals surface area (Å²) in [5, 5.41) is 0. The Labute approximate surface area is 213 Å². The Morgan fingerprint density at radius 1 is 0.500 bits per heavy atom. The van der Waals surface area contributed by atoms with Crippen molar-refractivity contribution in [2.45, 2.75) is 142 Å². The summed E-state index contributed by atoms with van der Waals surface area (Å²) in [5.41, 5.74) is 1.46. The van der Waals surface area contributed by atoms with Crippen molar-refractivity contribution >= 4 is 0 Å². The molecule has 0 spiro atoms. The fraction of sp³-hybridized carbons (Fsp3) is 0.750. The number of benzene rings is 1. The highest BCUT2D eigenvalue weighted by Gasteiger charge is 2.25. The average Bonchev–Trinajstić information content (AvgIpc) is 3.23. The molecule has 1 aromatic carbocycles. The predicted octanol–water partition coefficient (Wildman–Crippen LogP) is 9.71. The Balaban J connectivity index is 1.56. The second kappa shape index (κ2) is 19.8. The number of unbranched alkanes of at least 4 members (excludes halogenated alkanes) is 16. The Morgan fingerprint density at radius 3 is 1.32 bits per heavy atom. The van der Waals surface area contributed by atoms with Crippen molar-refractivity contribution < 1.29 is 0 Å². The minimum absolute atomic E-state index is 0.506. The molecule has 0 fully saturated rings. The van der Waals surface area contributed by atoms with Gasteiger partial charge in [-0.3, -0.25) is 0 Å². The molecule has 0 saturated carbocycles. The summed E-state index contributed by atoms with van der Waals surface area (Å²) < 4.78 is 0. The van der Waals surface area contributed by atoms with E-state index in [0.717, 1.165) is 6.42 Å². The topological polar surface area (TPSA) is 6.48 Å². The number of hydrogen-bond acceptors (Lipinski definition) is 2. The van der Waals surface area contributed by atoms with E-state index < -0.39 is 0 Å². The predicted molar refractivity (Wildman–Crippen MR) is 151 cm³/mol. The summed E-state index contributed by atoms with van der Waals surface area (Å²) >= 11 is 0. The highest BCUT2D eigenvalue weighted by atomic mass is 15.4. The third kappa shape index (κ3) is 12.9. The number of rotatable bonds is 22. The lowest BCUT2D eigenvalue weighted by molar-refractivity contribution is 0.148. The first kappa shape index (κ1) is 28.8. The van der Waals surface area contributed by atoms with Gasteiger partial charge in [0.1, 0.15) is 6.17 Å². The molecule has 1 aliphatic heterocycles. The highest BCUT2D eigenvalue weighted by molar-refractivity contribution is 5.17. The van der Waals surface area contributed by atoms with Crippen LogP contribution in [0.25, 0.3) is 0 Å². The van der Waals surface area contributed by atoms with Crippen LogP contribution in [0.15, 0.2) is 42.7 Å². The molecule has 1 unspecified atom stereocenters. The van der Waals surface area contributed by atoms with Gasteiger partial charge in [0.15, 0.2) is 0 Å². The van der Waals surface area contributed by atoms with Crippen molar-refractivity contribution in [1.82, 2.24) is 9.80 Å². The van der Waals surface area contributed by atoms with Gasteiger partial charge < -0.3 is 9.80 Å². The zero-order chi connectivity index (χ0) is 24.1. The maximum absolute atomic E-state index is 2.62. The van der Waals surface area contributed by atoms with Gasteiger partial charge in [0.25, 0.3) is 0 Å². The molecule has 0 amide bonds. The van der Waals surface area contributed by atoms with Gasteiger partial charge >= 0.3 is 0 Å². The summed E-state index contributed by atoms with van der Waals surface area (Å²) in [7, 11) is 0. The first-order chi connectivity index (χ1) is 16.8. The molecule has 0 N–H and O–H groups in total. The second-order valence-electron chi connectivity index (χ2n) is 10.6. The van der Waals surface area contributed by atoms with E-state index in [1.54, 1.807) is 0 Å². The molecular weight excluding hydrogens is 412 g/mol. The molecule has 0 radical (unpaired) electrons. The molecule has 194 valence electrons. The van der Waals surface area contributed by atoms with Crippen LogP contribution in [-0.2, 0) is 6.42 Å². The molecule has 0 saturated heterocycles. The van der Waals surface area contributed by atoms with Crippen LogP contribution in [0, 0.1) is 0 Å². The first-order valence-corrected chi connectivity index (χ1v) is 15.1. The molecule has 2 heteroatoms. The number of hydrogen-bond donors (Lipinski definition) is 0. The molecule has 1 aromatic rings. The van der Waals surface area contributed by atoms with Gasteiger partial charge in [0.05, 0.1) is 0 Å². The third-order valence-electron chi connectivity index (χ3n) is 7.52. The van der Waals surface area contributed by atoms with Crippen molar-refractivity contribution in [3.05, 3.63) is 48.3 Å². The zero-order valence-electron chi connectivity index (χ0n) is 22.9. The van der Waals surface area contributed by atoms with E-state index >= 15 is 0 Å². The van der Waals surface area contributed by atoms with Gasteiger partial charge in [0.2, 0.25) is 0 Å². The molecule has 0 aliphatic carbocycles. The van der Waals surface area contributed by atoms with Crippen LogP contribution in [-0.4, -0.2) is 29.1 Å². The highest BCUT2D eigenvalue weighted by Crippen LogP contribution is 2.22. The second-order valence-corrected chi connectivity index (χ2v) is 10.6. The lowest BCUT2D eigenvalue weighted by Gasteiger charge is -2.33. The molecule has 0 aromatic heterocycles. The maximum Gasteiger partial charge on any atom is 0.105 e. The maximum atomic E-state index is 2.62. The van der Waals surface area contributed by atoms with Crippen LogP contribution >= 0.6 is 0 Å². The van der Waals surface area contributed by atoms with Crippen molar-refractivity contribution in [2.75, 3.05) is 13.1 Å². The van der Waals surface area contributed by atoms with E-state index in [4.69, 9.17) is 0 Å². The lowest BCUT2D eigenvalue weighted by Crippen LogP contribution is -2.41. The van der Waals surface area contributed by atoms with Crippen LogP contribution in [0.2, 0.25) is 0 Å². The summed E-state index contributed by atoms with van der Waals surface area (Å²) in [5.74, 6) is 0. The van der Waals surface area contributed by atoms with Crippen molar-refractivity contribution in [3.63, 3.8) is 0 Å². The quantitative estimate of drug-likeness (QED) is 0.156. The van der Waals surface area contributed by atoms with Crippen LogP contribution < -0.4 is 0 Å². The van der Waals surface area contributed by atoms with Gasteiger partial charge in [-0.1, -0.05) is 147 Å².